The van der Waals surface area contributed by atoms with Crippen molar-refractivity contribution < 1.29 is 9.59 Å². The number of fused-ring (bicyclic) bond motifs is 1. The first-order valence-corrected chi connectivity index (χ1v) is 11.4. The first-order chi connectivity index (χ1) is 16.2. The molecule has 0 aliphatic heterocycles. The van der Waals surface area contributed by atoms with Crippen LogP contribution in [0.1, 0.15) is 35.8 Å². The minimum atomic E-state index is -0.342. The highest BCUT2D eigenvalue weighted by Crippen LogP contribution is 2.27. The molecule has 8 heteroatoms. The number of anilines is 1. The molecule has 0 aliphatic rings. The standard InChI is InChI=1S/C26H26ClN5O2/c1-16(2)32-25-20(14-28-32)19(13-23(30-25)18-11-9-17(3)10-12-18)26(34)31(4)15-24(33)29-22-8-6-5-7-21(22)27/h5-14,16H,15H2,1-4H3,(H,29,33). The van der Waals surface area contributed by atoms with Gasteiger partial charge in [-0.05, 0) is 39.0 Å². The highest BCUT2D eigenvalue weighted by Gasteiger charge is 2.22. The van der Waals surface area contributed by atoms with Gasteiger partial charge in [-0.25, -0.2) is 9.67 Å². The van der Waals surface area contributed by atoms with E-state index < -0.39 is 0 Å². The van der Waals surface area contributed by atoms with Crippen molar-refractivity contribution >= 4 is 40.1 Å². The summed E-state index contributed by atoms with van der Waals surface area (Å²) in [6, 6.07) is 16.8. The number of rotatable bonds is 6. The van der Waals surface area contributed by atoms with Gasteiger partial charge in [-0.15, -0.1) is 0 Å². The third kappa shape index (κ3) is 4.79. The van der Waals surface area contributed by atoms with Gasteiger partial charge in [0, 0.05) is 18.7 Å². The monoisotopic (exact) mass is 475 g/mol. The van der Waals surface area contributed by atoms with Crippen LogP contribution in [0.25, 0.3) is 22.3 Å². The average molecular weight is 476 g/mol. The van der Waals surface area contributed by atoms with E-state index in [0.29, 0.717) is 33.0 Å². The van der Waals surface area contributed by atoms with Crippen LogP contribution in [0.5, 0.6) is 0 Å². The Morgan fingerprint density at radius 2 is 1.82 bits per heavy atom. The maximum Gasteiger partial charge on any atom is 0.254 e. The summed E-state index contributed by atoms with van der Waals surface area (Å²) in [6.45, 7) is 5.91. The molecule has 0 bridgehead atoms. The number of benzene rings is 2. The molecule has 7 nitrogen and oxygen atoms in total. The van der Waals surface area contributed by atoms with Crippen molar-refractivity contribution in [1.29, 1.82) is 0 Å². The number of likely N-dealkylation sites (N-methyl/N-ethyl adjacent to an activating group) is 1. The summed E-state index contributed by atoms with van der Waals surface area (Å²) in [5, 5.41) is 8.30. The lowest BCUT2D eigenvalue weighted by molar-refractivity contribution is -0.116. The van der Waals surface area contributed by atoms with Crippen molar-refractivity contribution in [2.24, 2.45) is 0 Å². The molecule has 4 rings (SSSR count). The third-order valence-electron chi connectivity index (χ3n) is 5.51. The van der Waals surface area contributed by atoms with Gasteiger partial charge in [0.1, 0.15) is 0 Å². The maximum atomic E-state index is 13.5. The second kappa shape index (κ2) is 9.65. The van der Waals surface area contributed by atoms with E-state index >= 15 is 0 Å². The Morgan fingerprint density at radius 1 is 1.12 bits per heavy atom. The molecule has 2 heterocycles. The fourth-order valence-electron chi connectivity index (χ4n) is 3.69. The summed E-state index contributed by atoms with van der Waals surface area (Å²) in [4.78, 5) is 32.3. The van der Waals surface area contributed by atoms with E-state index in [9.17, 15) is 9.59 Å². The summed E-state index contributed by atoms with van der Waals surface area (Å²) < 4.78 is 1.80. The Hall–Kier alpha value is -3.71. The number of hydrogen-bond acceptors (Lipinski definition) is 4. The number of aromatic nitrogens is 3. The van der Waals surface area contributed by atoms with Crippen LogP contribution in [0.15, 0.2) is 60.8 Å². The lowest BCUT2D eigenvalue weighted by Crippen LogP contribution is -2.35. The van der Waals surface area contributed by atoms with E-state index in [0.717, 1.165) is 11.1 Å². The number of para-hydroxylation sites is 1. The van der Waals surface area contributed by atoms with E-state index in [1.165, 1.54) is 4.90 Å². The van der Waals surface area contributed by atoms with Gasteiger partial charge < -0.3 is 10.2 Å². The Kier molecular flexibility index (Phi) is 6.65. The van der Waals surface area contributed by atoms with E-state index in [4.69, 9.17) is 16.6 Å². The number of pyridine rings is 1. The van der Waals surface area contributed by atoms with Gasteiger partial charge in [0.05, 0.1) is 40.1 Å². The first-order valence-electron chi connectivity index (χ1n) is 11.0. The molecule has 2 aromatic heterocycles. The summed E-state index contributed by atoms with van der Waals surface area (Å²) in [5.74, 6) is -0.635. The van der Waals surface area contributed by atoms with Crippen LogP contribution in [0, 0.1) is 6.92 Å². The van der Waals surface area contributed by atoms with Gasteiger partial charge in [0.2, 0.25) is 5.91 Å². The number of carbonyl (C=O) groups excluding carboxylic acids is 2. The Bertz CT molecular complexity index is 1360. The summed E-state index contributed by atoms with van der Waals surface area (Å²) in [7, 11) is 1.60. The number of hydrogen-bond donors (Lipinski definition) is 1. The number of aryl methyl sites for hydroxylation is 1. The van der Waals surface area contributed by atoms with E-state index in [1.54, 1.807) is 48.3 Å². The maximum absolute atomic E-state index is 13.5. The average Bonchev–Trinajstić information content (AvgIpc) is 3.24. The molecule has 0 saturated heterocycles. The smallest absolute Gasteiger partial charge is 0.254 e. The predicted octanol–water partition coefficient (Wildman–Crippen LogP) is 5.35. The fraction of sp³-hybridized carbons (Fsp3) is 0.231. The highest BCUT2D eigenvalue weighted by molar-refractivity contribution is 6.33. The van der Waals surface area contributed by atoms with Crippen LogP contribution < -0.4 is 5.32 Å². The summed E-state index contributed by atoms with van der Waals surface area (Å²) in [5.41, 5.74) is 4.29. The van der Waals surface area contributed by atoms with Gasteiger partial charge in [-0.1, -0.05) is 53.6 Å². The van der Waals surface area contributed by atoms with Gasteiger partial charge in [0.25, 0.3) is 5.91 Å². The van der Waals surface area contributed by atoms with Crippen molar-refractivity contribution in [1.82, 2.24) is 19.7 Å². The first kappa shape index (κ1) is 23.4. The van der Waals surface area contributed by atoms with Crippen LogP contribution in [-0.4, -0.2) is 45.1 Å². The number of carbonyl (C=O) groups is 2. The molecule has 2 aromatic carbocycles. The molecule has 0 unspecified atom stereocenters. The van der Waals surface area contributed by atoms with Crippen LogP contribution >= 0.6 is 11.6 Å². The number of nitrogens with zero attached hydrogens (tertiary/aromatic N) is 4. The van der Waals surface area contributed by atoms with Crippen LogP contribution in [-0.2, 0) is 4.79 Å². The molecule has 1 N–H and O–H groups in total. The number of halogens is 1. The quantitative estimate of drug-likeness (QED) is 0.407. The zero-order valence-corrected chi connectivity index (χ0v) is 20.3. The van der Waals surface area contributed by atoms with E-state index in [2.05, 4.69) is 10.4 Å². The molecule has 0 saturated carbocycles. The minimum absolute atomic E-state index is 0.0698. The summed E-state index contributed by atoms with van der Waals surface area (Å²) >= 11 is 6.13. The lowest BCUT2D eigenvalue weighted by Gasteiger charge is -2.18. The van der Waals surface area contributed by atoms with Gasteiger partial charge >= 0.3 is 0 Å². The molecule has 4 aromatic rings. The molecular weight excluding hydrogens is 450 g/mol. The Morgan fingerprint density at radius 3 is 2.50 bits per heavy atom. The topological polar surface area (TPSA) is 80.1 Å². The van der Waals surface area contributed by atoms with Crippen molar-refractivity contribution in [2.45, 2.75) is 26.8 Å². The van der Waals surface area contributed by atoms with E-state index in [-0.39, 0.29) is 24.4 Å². The minimum Gasteiger partial charge on any atom is -0.332 e. The zero-order valence-electron chi connectivity index (χ0n) is 19.5. The largest absolute Gasteiger partial charge is 0.332 e. The Labute approximate surface area is 203 Å². The molecule has 0 aliphatic carbocycles. The van der Waals surface area contributed by atoms with Crippen LogP contribution in [0.2, 0.25) is 5.02 Å². The van der Waals surface area contributed by atoms with Crippen molar-refractivity contribution in [3.63, 3.8) is 0 Å². The van der Waals surface area contributed by atoms with Crippen LogP contribution in [0.4, 0.5) is 5.69 Å². The predicted molar refractivity (Wildman–Crippen MR) is 135 cm³/mol. The lowest BCUT2D eigenvalue weighted by atomic mass is 10.0. The summed E-state index contributed by atoms with van der Waals surface area (Å²) in [6.07, 6.45) is 1.66. The van der Waals surface area contributed by atoms with E-state index in [1.807, 2.05) is 45.0 Å². The highest BCUT2D eigenvalue weighted by atomic mass is 35.5. The van der Waals surface area contributed by atoms with Crippen molar-refractivity contribution in [3.8, 4) is 11.3 Å². The second-order valence-corrected chi connectivity index (χ2v) is 8.94. The SMILES string of the molecule is Cc1ccc(-c2cc(C(=O)N(C)CC(=O)Nc3ccccc3Cl)c3cnn(C(C)C)c3n2)cc1. The molecule has 0 radical (unpaired) electrons. The molecule has 34 heavy (non-hydrogen) atoms. The fourth-order valence-corrected chi connectivity index (χ4v) is 3.87. The number of amides is 2. The van der Waals surface area contributed by atoms with Gasteiger partial charge in [-0.3, -0.25) is 9.59 Å². The van der Waals surface area contributed by atoms with Crippen molar-refractivity contribution in [3.05, 3.63) is 76.9 Å². The van der Waals surface area contributed by atoms with Crippen LogP contribution in [0.3, 0.4) is 0 Å². The molecule has 0 spiro atoms. The molecule has 0 atom stereocenters. The van der Waals surface area contributed by atoms with Gasteiger partial charge in [0.15, 0.2) is 5.65 Å². The van der Waals surface area contributed by atoms with Gasteiger partial charge in [-0.2, -0.15) is 5.10 Å². The zero-order chi connectivity index (χ0) is 24.4. The second-order valence-electron chi connectivity index (χ2n) is 8.53. The molecule has 174 valence electrons. The molecule has 2 amide bonds. The normalized spacial score (nSPS) is 11.1. The Balaban J connectivity index is 1.67. The number of nitrogens with one attached hydrogen (secondary N) is 1. The third-order valence-corrected chi connectivity index (χ3v) is 5.84. The molecule has 0 fully saturated rings. The van der Waals surface area contributed by atoms with Crippen molar-refractivity contribution in [2.75, 3.05) is 18.9 Å². The molecular formula is C26H26ClN5O2.